The van der Waals surface area contributed by atoms with Crippen LogP contribution in [-0.4, -0.2) is 112 Å². The molecule has 0 saturated heterocycles. The summed E-state index contributed by atoms with van der Waals surface area (Å²) in [6, 6.07) is 0. The average molecular weight is 777 g/mol. The second-order valence-electron chi connectivity index (χ2n) is 13.5. The van der Waals surface area contributed by atoms with Crippen LogP contribution < -0.4 is 0 Å². The number of aliphatic hydroxyl groups is 4. The van der Waals surface area contributed by atoms with E-state index in [1.54, 1.807) is 0 Å². The molecular weight excluding hydrogens is 717 g/mol. The summed E-state index contributed by atoms with van der Waals surface area (Å²) >= 11 is 17.1. The Balaban J connectivity index is 0.000000588. The van der Waals surface area contributed by atoms with Gasteiger partial charge in [0, 0.05) is 21.0 Å². The van der Waals surface area contributed by atoms with E-state index in [0.29, 0.717) is 21.0 Å². The Hall–Kier alpha value is -0.880. The van der Waals surface area contributed by atoms with Crippen molar-refractivity contribution in [3.63, 3.8) is 0 Å². The average Bonchev–Trinajstić information content (AvgIpc) is 3.08. The van der Waals surface area contributed by atoms with Crippen LogP contribution in [0.25, 0.3) is 0 Å². The van der Waals surface area contributed by atoms with Gasteiger partial charge in [-0.2, -0.15) is 50.5 Å². The van der Waals surface area contributed by atoms with Crippen molar-refractivity contribution in [1.29, 1.82) is 0 Å². The van der Waals surface area contributed by atoms with Crippen LogP contribution in [0.3, 0.4) is 0 Å². The van der Waals surface area contributed by atoms with Crippen molar-refractivity contribution in [3.8, 4) is 0 Å². The third kappa shape index (κ3) is 21.3. The SMILES string of the molecule is O=C(O)C1CCC(S)CC1.O=C(O)C1CCC(S)CC1.O=C(O)C1CCC(S)CC1.O=C(O)C1CCC(S)CC1.OCC(CO)(CO)CO. The lowest BCUT2D eigenvalue weighted by atomic mass is 9.89. The van der Waals surface area contributed by atoms with Crippen LogP contribution in [0.15, 0.2) is 0 Å². The number of carboxylic acid groups (broad SMARTS) is 4. The van der Waals surface area contributed by atoms with E-state index in [1.807, 2.05) is 0 Å². The summed E-state index contributed by atoms with van der Waals surface area (Å²) in [5.41, 5.74) is -1.11. The maximum Gasteiger partial charge on any atom is 0.306 e. The summed E-state index contributed by atoms with van der Waals surface area (Å²) in [7, 11) is 0. The monoisotopic (exact) mass is 776 g/mol. The number of rotatable bonds is 8. The first kappa shape index (κ1) is 48.1. The van der Waals surface area contributed by atoms with Gasteiger partial charge in [-0.3, -0.25) is 19.2 Å². The fraction of sp³-hybridized carbons (Fsp3) is 0.879. The van der Waals surface area contributed by atoms with E-state index in [9.17, 15) is 19.2 Å². The number of aliphatic carboxylic acids is 4. The van der Waals surface area contributed by atoms with Gasteiger partial charge in [0.15, 0.2) is 0 Å². The maximum absolute atomic E-state index is 10.4. The molecule has 4 saturated carbocycles. The molecule has 4 fully saturated rings. The lowest BCUT2D eigenvalue weighted by Gasteiger charge is -2.23. The molecule has 0 unspecified atom stereocenters. The Bertz CT molecular complexity index is 777. The second kappa shape index (κ2) is 26.8. The summed E-state index contributed by atoms with van der Waals surface area (Å²) in [5.74, 6) is -2.93. The highest BCUT2D eigenvalue weighted by Crippen LogP contribution is 2.29. The van der Waals surface area contributed by atoms with Crippen molar-refractivity contribution in [2.45, 2.75) is 124 Å². The third-order valence-electron chi connectivity index (χ3n) is 9.53. The molecule has 0 bridgehead atoms. The van der Waals surface area contributed by atoms with Gasteiger partial charge in [-0.15, -0.1) is 0 Å². The van der Waals surface area contributed by atoms with E-state index in [2.05, 4.69) is 50.5 Å². The van der Waals surface area contributed by atoms with Crippen LogP contribution in [0.4, 0.5) is 0 Å². The zero-order chi connectivity index (χ0) is 37.6. The van der Waals surface area contributed by atoms with Crippen molar-refractivity contribution in [2.24, 2.45) is 29.1 Å². The molecule has 4 rings (SSSR count). The minimum Gasteiger partial charge on any atom is -0.481 e. The molecule has 0 aromatic carbocycles. The molecular formula is C33H60O12S4. The summed E-state index contributed by atoms with van der Waals surface area (Å²) in [5, 5.41) is 70.1. The van der Waals surface area contributed by atoms with Crippen molar-refractivity contribution < 1.29 is 60.0 Å². The molecule has 0 heterocycles. The molecule has 4 aliphatic carbocycles. The first-order valence-corrected chi connectivity index (χ1v) is 19.2. The first-order chi connectivity index (χ1) is 23.0. The first-order valence-electron chi connectivity index (χ1n) is 17.1. The second-order valence-corrected chi connectivity index (χ2v) is 16.4. The molecule has 0 atom stereocenters. The summed E-state index contributed by atoms with van der Waals surface area (Å²) < 4.78 is 0. The summed E-state index contributed by atoms with van der Waals surface area (Å²) in [6.07, 6.45) is 14.1. The van der Waals surface area contributed by atoms with Crippen LogP contribution in [-0.2, 0) is 19.2 Å². The van der Waals surface area contributed by atoms with Crippen LogP contribution in [0.5, 0.6) is 0 Å². The number of thiol groups is 4. The largest absolute Gasteiger partial charge is 0.481 e. The molecule has 4 aliphatic rings. The van der Waals surface area contributed by atoms with E-state index in [1.165, 1.54) is 0 Å². The molecule has 0 aromatic rings. The molecule has 0 radical (unpaired) electrons. The van der Waals surface area contributed by atoms with Crippen molar-refractivity contribution >= 4 is 74.4 Å². The highest BCUT2D eigenvalue weighted by atomic mass is 32.1. The van der Waals surface area contributed by atoms with Crippen molar-refractivity contribution in [1.82, 2.24) is 0 Å². The topological polar surface area (TPSA) is 230 Å². The highest BCUT2D eigenvalue weighted by molar-refractivity contribution is 7.81. The van der Waals surface area contributed by atoms with Crippen molar-refractivity contribution in [2.75, 3.05) is 26.4 Å². The molecule has 0 aliphatic heterocycles. The van der Waals surface area contributed by atoms with Gasteiger partial charge in [-0.1, -0.05) is 0 Å². The number of hydrogen-bond donors (Lipinski definition) is 12. The lowest BCUT2D eigenvalue weighted by Crippen LogP contribution is -2.37. The quantitative estimate of drug-likeness (QED) is 0.156. The Morgan fingerprint density at radius 1 is 0.367 bits per heavy atom. The normalized spacial score (nSPS) is 29.7. The van der Waals surface area contributed by atoms with Gasteiger partial charge in [0.25, 0.3) is 0 Å². The maximum atomic E-state index is 10.4. The third-order valence-corrected chi connectivity index (χ3v) is 11.6. The van der Waals surface area contributed by atoms with Crippen LogP contribution >= 0.6 is 50.5 Å². The zero-order valence-electron chi connectivity index (χ0n) is 28.3. The molecule has 16 heteroatoms. The molecule has 12 nitrogen and oxygen atoms in total. The summed E-state index contributed by atoms with van der Waals surface area (Å²) in [4.78, 5) is 41.7. The van der Waals surface area contributed by atoms with E-state index in [-0.39, 0.29) is 23.7 Å². The zero-order valence-corrected chi connectivity index (χ0v) is 31.8. The minimum atomic E-state index is -1.11. The molecule has 0 aromatic heterocycles. The van der Waals surface area contributed by atoms with Gasteiger partial charge in [-0.25, -0.2) is 0 Å². The Morgan fingerprint density at radius 3 is 0.592 bits per heavy atom. The Labute approximate surface area is 312 Å². The van der Waals surface area contributed by atoms with E-state index in [0.717, 1.165) is 103 Å². The van der Waals surface area contributed by atoms with Gasteiger partial charge in [0.1, 0.15) is 0 Å². The van der Waals surface area contributed by atoms with Gasteiger partial charge < -0.3 is 40.9 Å². The van der Waals surface area contributed by atoms with E-state index < -0.39 is 55.7 Å². The van der Waals surface area contributed by atoms with Crippen molar-refractivity contribution in [3.05, 3.63) is 0 Å². The molecule has 0 amide bonds. The Kier molecular flexibility index (Phi) is 26.3. The van der Waals surface area contributed by atoms with E-state index >= 15 is 0 Å². The molecule has 0 spiro atoms. The van der Waals surface area contributed by atoms with Gasteiger partial charge in [-0.05, 0) is 103 Å². The number of hydrogen-bond acceptors (Lipinski definition) is 12. The predicted molar refractivity (Wildman–Crippen MR) is 200 cm³/mol. The minimum absolute atomic E-state index is 0.0941. The highest BCUT2D eigenvalue weighted by Gasteiger charge is 2.27. The predicted octanol–water partition coefficient (Wildman–Crippen LogP) is 4.18. The number of aliphatic hydroxyl groups excluding tert-OH is 4. The molecule has 8 N–H and O–H groups in total. The van der Waals surface area contributed by atoms with Crippen LogP contribution in [0.1, 0.15) is 103 Å². The van der Waals surface area contributed by atoms with Gasteiger partial charge in [0.2, 0.25) is 0 Å². The standard InChI is InChI=1S/4C7H12O2S.C5H12O4/c4*8-7(9)5-1-3-6(10)4-2-5;6-1-5(2-7,3-8)4-9/h4*5-6,10H,1-4H2,(H,8,9);6-9H,1-4H2. The van der Waals surface area contributed by atoms with Crippen LogP contribution in [0.2, 0.25) is 0 Å². The Morgan fingerprint density at radius 2 is 0.510 bits per heavy atom. The van der Waals surface area contributed by atoms with Crippen LogP contribution in [0, 0.1) is 29.1 Å². The van der Waals surface area contributed by atoms with E-state index in [4.69, 9.17) is 40.9 Å². The van der Waals surface area contributed by atoms with Gasteiger partial charge in [0.05, 0.1) is 55.5 Å². The molecule has 288 valence electrons. The van der Waals surface area contributed by atoms with Gasteiger partial charge >= 0.3 is 23.9 Å². The summed E-state index contributed by atoms with van der Waals surface area (Å²) in [6.45, 7) is -1.62. The molecule has 49 heavy (non-hydrogen) atoms. The smallest absolute Gasteiger partial charge is 0.306 e. The fourth-order valence-electron chi connectivity index (χ4n) is 5.59. The lowest BCUT2D eigenvalue weighted by molar-refractivity contribution is -0.143. The fourth-order valence-corrected chi connectivity index (χ4v) is 6.78. The number of carbonyl (C=O) groups is 4. The number of carboxylic acids is 4.